The second-order valence-corrected chi connectivity index (χ2v) is 5.50. The quantitative estimate of drug-likeness (QED) is 0.771. The van der Waals surface area contributed by atoms with E-state index in [2.05, 4.69) is 5.32 Å². The molecule has 0 aromatic heterocycles. The summed E-state index contributed by atoms with van der Waals surface area (Å²) in [5.74, 6) is 0.503. The number of hydrogen-bond acceptors (Lipinski definition) is 4. The van der Waals surface area contributed by atoms with Crippen molar-refractivity contribution in [1.82, 2.24) is 10.2 Å². The van der Waals surface area contributed by atoms with Crippen LogP contribution in [0.4, 0.5) is 0 Å². The molecule has 0 radical (unpaired) electrons. The van der Waals surface area contributed by atoms with Crippen LogP contribution in [0.25, 0.3) is 0 Å². The van der Waals surface area contributed by atoms with E-state index in [-0.39, 0.29) is 17.9 Å². The number of hydrogen-bond donors (Lipinski definition) is 1. The molecule has 1 amide bonds. The third kappa shape index (κ3) is 3.69. The lowest BCUT2D eigenvalue weighted by Gasteiger charge is -2.25. The molecule has 0 bridgehead atoms. The van der Waals surface area contributed by atoms with Gasteiger partial charge in [0.1, 0.15) is 6.04 Å². The van der Waals surface area contributed by atoms with Gasteiger partial charge in [-0.3, -0.25) is 4.79 Å². The molecule has 19 heavy (non-hydrogen) atoms. The van der Waals surface area contributed by atoms with Crippen LogP contribution in [0, 0.1) is 5.92 Å². The predicted molar refractivity (Wildman–Crippen MR) is 71.6 cm³/mol. The number of carbonyl (C=O) groups excluding carboxylic acids is 2. The van der Waals surface area contributed by atoms with Gasteiger partial charge in [-0.05, 0) is 51.1 Å². The van der Waals surface area contributed by atoms with Gasteiger partial charge in [-0.1, -0.05) is 0 Å². The Labute approximate surface area is 114 Å². The number of nitrogens with zero attached hydrogens (tertiary/aromatic N) is 1. The van der Waals surface area contributed by atoms with Gasteiger partial charge in [0.15, 0.2) is 0 Å². The lowest BCUT2D eigenvalue weighted by Crippen LogP contribution is -2.41. The molecule has 2 heterocycles. The van der Waals surface area contributed by atoms with Crippen LogP contribution >= 0.6 is 0 Å². The summed E-state index contributed by atoms with van der Waals surface area (Å²) in [6.07, 6.45) is 5.48. The number of methoxy groups -OCH3 is 1. The first-order chi connectivity index (χ1) is 9.22. The van der Waals surface area contributed by atoms with Crippen LogP contribution in [0.2, 0.25) is 0 Å². The average molecular weight is 268 g/mol. The average Bonchev–Trinajstić information content (AvgIpc) is 2.94. The van der Waals surface area contributed by atoms with Crippen LogP contribution in [0.15, 0.2) is 0 Å². The van der Waals surface area contributed by atoms with Crippen molar-refractivity contribution in [2.75, 3.05) is 26.7 Å². The summed E-state index contributed by atoms with van der Waals surface area (Å²) in [6, 6.07) is -0.342. The third-order valence-electron chi connectivity index (χ3n) is 4.27. The maximum absolute atomic E-state index is 12.2. The van der Waals surface area contributed by atoms with Crippen LogP contribution in [-0.4, -0.2) is 49.6 Å². The number of rotatable bonds is 4. The third-order valence-corrected chi connectivity index (χ3v) is 4.27. The molecule has 5 nitrogen and oxygen atoms in total. The van der Waals surface area contributed by atoms with Crippen LogP contribution in [0.3, 0.4) is 0 Å². The first kappa shape index (κ1) is 14.3. The number of piperidine rings is 1. The second kappa shape index (κ2) is 6.89. The number of carbonyl (C=O) groups is 2. The standard InChI is InChI=1S/C14H24N2O3/c1-19-14(18)12-3-2-10-16(12)13(17)5-4-11-6-8-15-9-7-11/h11-12,15H,2-10H2,1H3. The van der Waals surface area contributed by atoms with Crippen LogP contribution < -0.4 is 5.32 Å². The predicted octanol–water partition coefficient (Wildman–Crippen LogP) is 0.930. The lowest BCUT2D eigenvalue weighted by molar-refractivity contribution is -0.151. The van der Waals surface area contributed by atoms with Crippen molar-refractivity contribution in [2.45, 2.75) is 44.6 Å². The topological polar surface area (TPSA) is 58.6 Å². The molecule has 1 unspecified atom stereocenters. The molecule has 0 aliphatic carbocycles. The van der Waals surface area contributed by atoms with Crippen molar-refractivity contribution in [2.24, 2.45) is 5.92 Å². The Kier molecular flexibility index (Phi) is 5.19. The summed E-state index contributed by atoms with van der Waals surface area (Å²) in [6.45, 7) is 2.82. The number of nitrogens with one attached hydrogen (secondary N) is 1. The van der Waals surface area contributed by atoms with Crippen molar-refractivity contribution in [3.05, 3.63) is 0 Å². The largest absolute Gasteiger partial charge is 0.467 e. The van der Waals surface area contributed by atoms with E-state index >= 15 is 0 Å². The normalized spacial score (nSPS) is 24.5. The fourth-order valence-electron chi connectivity index (χ4n) is 3.09. The van der Waals surface area contributed by atoms with Crippen molar-refractivity contribution in [3.63, 3.8) is 0 Å². The lowest BCUT2D eigenvalue weighted by atomic mass is 9.93. The molecule has 2 fully saturated rings. The Morgan fingerprint density at radius 3 is 2.68 bits per heavy atom. The number of amides is 1. The van der Waals surface area contributed by atoms with E-state index in [1.54, 1.807) is 4.90 Å². The van der Waals surface area contributed by atoms with Gasteiger partial charge >= 0.3 is 5.97 Å². The van der Waals surface area contributed by atoms with Crippen molar-refractivity contribution in [1.29, 1.82) is 0 Å². The van der Waals surface area contributed by atoms with Crippen LogP contribution in [0.5, 0.6) is 0 Å². The highest BCUT2D eigenvalue weighted by molar-refractivity contribution is 5.85. The minimum atomic E-state index is -0.342. The molecule has 2 aliphatic rings. The number of esters is 1. The molecule has 0 aromatic carbocycles. The van der Waals surface area contributed by atoms with E-state index in [0.29, 0.717) is 18.9 Å². The first-order valence-electron chi connectivity index (χ1n) is 7.30. The molecule has 2 saturated heterocycles. The first-order valence-corrected chi connectivity index (χ1v) is 7.30. The molecule has 1 atom stereocenters. The van der Waals surface area contributed by atoms with Crippen molar-refractivity contribution < 1.29 is 14.3 Å². The van der Waals surface area contributed by atoms with Gasteiger partial charge in [0.05, 0.1) is 7.11 Å². The molecule has 0 saturated carbocycles. The Bertz CT molecular complexity index is 327. The highest BCUT2D eigenvalue weighted by Crippen LogP contribution is 2.23. The Morgan fingerprint density at radius 1 is 1.26 bits per heavy atom. The fraction of sp³-hybridized carbons (Fsp3) is 0.857. The van der Waals surface area contributed by atoms with Crippen molar-refractivity contribution >= 4 is 11.9 Å². The highest BCUT2D eigenvalue weighted by atomic mass is 16.5. The molecule has 2 rings (SSSR count). The second-order valence-electron chi connectivity index (χ2n) is 5.50. The molecule has 108 valence electrons. The number of ether oxygens (including phenoxy) is 1. The zero-order valence-electron chi connectivity index (χ0n) is 11.7. The van der Waals surface area contributed by atoms with Gasteiger partial charge in [0.25, 0.3) is 0 Å². The van der Waals surface area contributed by atoms with Gasteiger partial charge in [0.2, 0.25) is 5.91 Å². The highest BCUT2D eigenvalue weighted by Gasteiger charge is 2.34. The van der Waals surface area contributed by atoms with Gasteiger partial charge in [-0.15, -0.1) is 0 Å². The summed E-state index contributed by atoms with van der Waals surface area (Å²) in [5, 5.41) is 3.33. The van der Waals surface area contributed by atoms with Crippen molar-refractivity contribution in [3.8, 4) is 0 Å². The minimum Gasteiger partial charge on any atom is -0.467 e. The molecular formula is C14H24N2O3. The van der Waals surface area contributed by atoms with E-state index in [9.17, 15) is 9.59 Å². The van der Waals surface area contributed by atoms with E-state index in [1.807, 2.05) is 0 Å². The van der Waals surface area contributed by atoms with Gasteiger partial charge in [0, 0.05) is 13.0 Å². The molecular weight excluding hydrogens is 244 g/mol. The maximum Gasteiger partial charge on any atom is 0.328 e. The monoisotopic (exact) mass is 268 g/mol. The minimum absolute atomic E-state index is 0.117. The summed E-state index contributed by atoms with van der Waals surface area (Å²) in [4.78, 5) is 25.5. The summed E-state index contributed by atoms with van der Waals surface area (Å²) in [5.41, 5.74) is 0. The van der Waals surface area contributed by atoms with Gasteiger partial charge in [-0.2, -0.15) is 0 Å². The molecule has 5 heteroatoms. The van der Waals surface area contributed by atoms with Gasteiger partial charge in [-0.25, -0.2) is 4.79 Å². The van der Waals surface area contributed by atoms with E-state index < -0.39 is 0 Å². The summed E-state index contributed by atoms with van der Waals surface area (Å²) in [7, 11) is 1.39. The van der Waals surface area contributed by atoms with Crippen LogP contribution in [0.1, 0.15) is 38.5 Å². The molecule has 2 aliphatic heterocycles. The maximum atomic E-state index is 12.2. The summed E-state index contributed by atoms with van der Waals surface area (Å²) < 4.78 is 4.77. The van der Waals surface area contributed by atoms with Crippen LogP contribution in [-0.2, 0) is 14.3 Å². The smallest absolute Gasteiger partial charge is 0.328 e. The molecule has 1 N–H and O–H groups in total. The molecule has 0 spiro atoms. The zero-order valence-corrected chi connectivity index (χ0v) is 11.7. The SMILES string of the molecule is COC(=O)C1CCCN1C(=O)CCC1CCNCC1. The van der Waals surface area contributed by atoms with E-state index in [4.69, 9.17) is 4.74 Å². The summed E-state index contributed by atoms with van der Waals surface area (Å²) >= 11 is 0. The number of likely N-dealkylation sites (tertiary alicyclic amines) is 1. The Morgan fingerprint density at radius 2 is 2.00 bits per heavy atom. The fourth-order valence-corrected chi connectivity index (χ4v) is 3.09. The zero-order chi connectivity index (χ0) is 13.7. The van der Waals surface area contributed by atoms with E-state index in [1.165, 1.54) is 7.11 Å². The molecule has 0 aromatic rings. The Balaban J connectivity index is 1.79. The Hall–Kier alpha value is -1.10. The van der Waals surface area contributed by atoms with E-state index in [0.717, 1.165) is 45.2 Å². The van der Waals surface area contributed by atoms with Gasteiger partial charge < -0.3 is 15.0 Å².